The number of ether oxygens (including phenoxy) is 4. The molecule has 5 heteroatoms. The summed E-state index contributed by atoms with van der Waals surface area (Å²) in [4.78, 5) is 0. The van der Waals surface area contributed by atoms with E-state index < -0.39 is 0 Å². The summed E-state index contributed by atoms with van der Waals surface area (Å²) >= 11 is 0. The molecule has 0 amide bonds. The predicted octanol–water partition coefficient (Wildman–Crippen LogP) is 5.48. The molecule has 2 saturated carbocycles. The molecule has 0 aromatic carbocycles. The molecule has 0 aromatic heterocycles. The van der Waals surface area contributed by atoms with Gasteiger partial charge in [0.2, 0.25) is 0 Å². The summed E-state index contributed by atoms with van der Waals surface area (Å²) in [7, 11) is 3.59. The fourth-order valence-electron chi connectivity index (χ4n) is 5.03. The number of hydrogen-bond donors (Lipinski definition) is 1. The molecule has 0 aromatic rings. The van der Waals surface area contributed by atoms with Crippen LogP contribution < -0.4 is 0 Å². The van der Waals surface area contributed by atoms with Gasteiger partial charge in [-0.25, -0.2) is 0 Å². The third-order valence-corrected chi connectivity index (χ3v) is 7.87. The number of aliphatic hydroxyl groups is 1. The van der Waals surface area contributed by atoms with E-state index >= 15 is 0 Å². The highest BCUT2D eigenvalue weighted by Gasteiger charge is 2.34. The Morgan fingerprint density at radius 1 is 0.700 bits per heavy atom. The third kappa shape index (κ3) is 8.05. The molecular weight excluding hydrogens is 380 g/mol. The van der Waals surface area contributed by atoms with Crippen molar-refractivity contribution in [2.45, 2.75) is 128 Å². The summed E-state index contributed by atoms with van der Waals surface area (Å²) in [6.45, 7) is 9.54. The number of aliphatic hydroxyl groups excluding tert-OH is 1. The lowest BCUT2D eigenvalue weighted by atomic mass is 9.78. The van der Waals surface area contributed by atoms with Crippen LogP contribution in [0.4, 0.5) is 0 Å². The fraction of sp³-hybridized carbons (Fsp3) is 1.00. The molecule has 30 heavy (non-hydrogen) atoms. The summed E-state index contributed by atoms with van der Waals surface area (Å²) < 4.78 is 22.7. The van der Waals surface area contributed by atoms with Crippen LogP contribution in [-0.4, -0.2) is 55.6 Å². The van der Waals surface area contributed by atoms with Crippen molar-refractivity contribution < 1.29 is 24.1 Å². The van der Waals surface area contributed by atoms with Crippen LogP contribution in [0.5, 0.6) is 0 Å². The van der Waals surface area contributed by atoms with Crippen LogP contribution in [0.3, 0.4) is 0 Å². The van der Waals surface area contributed by atoms with E-state index in [0.717, 1.165) is 51.6 Å². The Morgan fingerprint density at radius 3 is 1.63 bits per heavy atom. The van der Waals surface area contributed by atoms with Crippen LogP contribution >= 0.6 is 0 Å². The lowest BCUT2D eigenvalue weighted by molar-refractivity contribution is -0.197. The Balaban J connectivity index is 0.000000232. The molecule has 1 unspecified atom stereocenters. The van der Waals surface area contributed by atoms with Gasteiger partial charge >= 0.3 is 0 Å². The molecule has 2 aliphatic carbocycles. The Hall–Kier alpha value is -0.200. The van der Waals surface area contributed by atoms with Gasteiger partial charge in [0.05, 0.1) is 23.4 Å². The van der Waals surface area contributed by atoms with Gasteiger partial charge in [-0.2, -0.15) is 0 Å². The minimum Gasteiger partial charge on any atom is -0.393 e. The van der Waals surface area contributed by atoms with Crippen molar-refractivity contribution in [3.8, 4) is 0 Å². The summed E-state index contributed by atoms with van der Waals surface area (Å²) in [6.07, 6.45) is 12.7. The SMILES string of the molecule is COC(C)(C)C1CCC(O)CC1.COC(C)(C)C1CCC(OC2CCCCO2)CC1. The lowest BCUT2D eigenvalue weighted by Gasteiger charge is -2.39. The van der Waals surface area contributed by atoms with Crippen molar-refractivity contribution in [2.24, 2.45) is 11.8 Å². The molecule has 0 bridgehead atoms. The molecule has 5 nitrogen and oxygen atoms in total. The van der Waals surface area contributed by atoms with Gasteiger partial charge in [-0.15, -0.1) is 0 Å². The average molecular weight is 429 g/mol. The zero-order valence-electron chi connectivity index (χ0n) is 20.5. The van der Waals surface area contributed by atoms with E-state index in [1.165, 1.54) is 25.7 Å². The van der Waals surface area contributed by atoms with Crippen molar-refractivity contribution >= 4 is 0 Å². The Kier molecular flexibility index (Phi) is 10.6. The fourth-order valence-corrected chi connectivity index (χ4v) is 5.03. The zero-order valence-corrected chi connectivity index (χ0v) is 20.5. The molecule has 0 radical (unpaired) electrons. The molecule has 3 fully saturated rings. The van der Waals surface area contributed by atoms with Gasteiger partial charge in [0.25, 0.3) is 0 Å². The van der Waals surface area contributed by atoms with Crippen molar-refractivity contribution in [1.29, 1.82) is 0 Å². The second-order valence-electron chi connectivity index (χ2n) is 10.5. The maximum atomic E-state index is 9.32. The first-order valence-corrected chi connectivity index (χ1v) is 12.2. The topological polar surface area (TPSA) is 57.2 Å². The molecule has 178 valence electrons. The average Bonchev–Trinajstić information content (AvgIpc) is 2.76. The van der Waals surface area contributed by atoms with Gasteiger partial charge in [0.15, 0.2) is 6.29 Å². The predicted molar refractivity (Wildman–Crippen MR) is 121 cm³/mol. The molecule has 1 saturated heterocycles. The molecule has 1 aliphatic heterocycles. The van der Waals surface area contributed by atoms with Crippen LogP contribution in [0.25, 0.3) is 0 Å². The van der Waals surface area contributed by atoms with E-state index in [9.17, 15) is 5.11 Å². The summed E-state index contributed by atoms with van der Waals surface area (Å²) in [6, 6.07) is 0. The Labute approximate surface area is 185 Å². The first kappa shape index (κ1) is 26.1. The maximum absolute atomic E-state index is 9.32. The van der Waals surface area contributed by atoms with Gasteiger partial charge in [-0.3, -0.25) is 0 Å². The van der Waals surface area contributed by atoms with Crippen LogP contribution in [0.1, 0.15) is 98.3 Å². The lowest BCUT2D eigenvalue weighted by Crippen LogP contribution is -2.38. The smallest absolute Gasteiger partial charge is 0.157 e. The van der Waals surface area contributed by atoms with Crippen molar-refractivity contribution in [1.82, 2.24) is 0 Å². The van der Waals surface area contributed by atoms with Gasteiger partial charge in [0, 0.05) is 20.8 Å². The van der Waals surface area contributed by atoms with Gasteiger partial charge < -0.3 is 24.1 Å². The molecular formula is C25H48O5. The van der Waals surface area contributed by atoms with E-state index in [1.807, 2.05) is 7.11 Å². The Bertz CT molecular complexity index is 456. The molecule has 3 aliphatic rings. The van der Waals surface area contributed by atoms with Crippen LogP contribution in [0.15, 0.2) is 0 Å². The first-order valence-electron chi connectivity index (χ1n) is 12.2. The molecule has 3 rings (SSSR count). The van der Waals surface area contributed by atoms with E-state index in [0.29, 0.717) is 17.9 Å². The van der Waals surface area contributed by atoms with Crippen LogP contribution in [0.2, 0.25) is 0 Å². The largest absolute Gasteiger partial charge is 0.393 e. The number of hydrogen-bond acceptors (Lipinski definition) is 5. The van der Waals surface area contributed by atoms with E-state index in [4.69, 9.17) is 18.9 Å². The van der Waals surface area contributed by atoms with Crippen molar-refractivity contribution in [3.05, 3.63) is 0 Å². The summed E-state index contributed by atoms with van der Waals surface area (Å²) in [5, 5.41) is 9.32. The first-order chi connectivity index (χ1) is 14.2. The van der Waals surface area contributed by atoms with Gasteiger partial charge in [0.1, 0.15) is 0 Å². The number of rotatable bonds is 6. The minimum absolute atomic E-state index is 0.00626. The Morgan fingerprint density at radius 2 is 1.20 bits per heavy atom. The van der Waals surface area contributed by atoms with E-state index in [1.54, 1.807) is 7.11 Å². The van der Waals surface area contributed by atoms with Gasteiger partial charge in [-0.1, -0.05) is 0 Å². The van der Waals surface area contributed by atoms with Crippen LogP contribution in [0, 0.1) is 11.8 Å². The summed E-state index contributed by atoms with van der Waals surface area (Å²) in [5.41, 5.74) is -0.00749. The number of methoxy groups -OCH3 is 2. The van der Waals surface area contributed by atoms with Crippen molar-refractivity contribution in [3.63, 3.8) is 0 Å². The summed E-state index contributed by atoms with van der Waals surface area (Å²) in [5.74, 6) is 1.28. The highest BCUT2D eigenvalue weighted by atomic mass is 16.7. The van der Waals surface area contributed by atoms with E-state index in [2.05, 4.69) is 27.7 Å². The highest BCUT2D eigenvalue weighted by Crippen LogP contribution is 2.36. The monoisotopic (exact) mass is 428 g/mol. The van der Waals surface area contributed by atoms with Crippen molar-refractivity contribution in [2.75, 3.05) is 20.8 Å². The molecule has 1 atom stereocenters. The molecule has 1 N–H and O–H groups in total. The zero-order chi connectivity index (χ0) is 22.2. The quantitative estimate of drug-likeness (QED) is 0.607. The van der Waals surface area contributed by atoms with Gasteiger partial charge in [-0.05, 0) is 110 Å². The minimum atomic E-state index is -0.0612. The third-order valence-electron chi connectivity index (χ3n) is 7.87. The molecule has 0 spiro atoms. The maximum Gasteiger partial charge on any atom is 0.157 e. The van der Waals surface area contributed by atoms with Crippen LogP contribution in [-0.2, 0) is 18.9 Å². The standard InChI is InChI=1S/C15H28O3.C10H20O2/c1-15(2,16-3)12-7-9-13(10-8-12)18-14-6-4-5-11-17-14;1-10(2,12-3)8-4-6-9(11)7-5-8/h12-14H,4-11H2,1-3H3;8-9,11H,4-7H2,1-3H3. The molecule has 1 heterocycles. The van der Waals surface area contributed by atoms with E-state index in [-0.39, 0.29) is 23.6 Å². The normalized spacial score (nSPS) is 33.5. The second-order valence-corrected chi connectivity index (χ2v) is 10.5. The highest BCUT2D eigenvalue weighted by molar-refractivity contribution is 4.85. The second kappa shape index (κ2) is 12.2.